The van der Waals surface area contributed by atoms with E-state index in [9.17, 15) is 13.5 Å². The Hall–Kier alpha value is -3.05. The first-order valence-corrected chi connectivity index (χ1v) is 10.0. The van der Waals surface area contributed by atoms with Gasteiger partial charge >= 0.3 is 0 Å². The van der Waals surface area contributed by atoms with Gasteiger partial charge in [0, 0.05) is 17.3 Å². The van der Waals surface area contributed by atoms with Crippen LogP contribution >= 0.6 is 0 Å². The molecule has 130 valence electrons. The number of phenolic OH excluding ortho intramolecular Hbond substituents is 1. The minimum atomic E-state index is -3.23. The van der Waals surface area contributed by atoms with E-state index in [-0.39, 0.29) is 5.75 Å². The lowest BCUT2D eigenvalue weighted by molar-refractivity contribution is 0.476. The van der Waals surface area contributed by atoms with Gasteiger partial charge in [0.15, 0.2) is 9.84 Å². The number of para-hydroxylation sites is 1. The molecule has 4 aromatic rings. The van der Waals surface area contributed by atoms with Crippen LogP contribution in [-0.2, 0) is 9.84 Å². The van der Waals surface area contributed by atoms with Crippen molar-refractivity contribution in [1.29, 1.82) is 0 Å². The van der Waals surface area contributed by atoms with Crippen LogP contribution in [0.5, 0.6) is 5.75 Å². The van der Waals surface area contributed by atoms with E-state index in [1.807, 2.05) is 54.6 Å². The minimum Gasteiger partial charge on any atom is -0.508 e. The zero-order valence-corrected chi connectivity index (χ0v) is 14.9. The third kappa shape index (κ3) is 2.86. The van der Waals surface area contributed by atoms with Gasteiger partial charge in [-0.15, -0.1) is 0 Å². The molecule has 0 fully saturated rings. The van der Waals surface area contributed by atoms with Crippen LogP contribution in [-0.4, -0.2) is 24.3 Å². The molecule has 0 aliphatic carbocycles. The molecule has 0 bridgehead atoms. The number of phenols is 1. The van der Waals surface area contributed by atoms with Crippen LogP contribution in [0.15, 0.2) is 83.8 Å². The van der Waals surface area contributed by atoms with E-state index in [0.29, 0.717) is 4.90 Å². The Morgan fingerprint density at radius 3 is 2.19 bits per heavy atom. The van der Waals surface area contributed by atoms with E-state index >= 15 is 0 Å². The maximum atomic E-state index is 11.7. The largest absolute Gasteiger partial charge is 0.508 e. The zero-order chi connectivity index (χ0) is 18.3. The molecule has 0 amide bonds. The van der Waals surface area contributed by atoms with Crippen LogP contribution in [0.3, 0.4) is 0 Å². The van der Waals surface area contributed by atoms with Crippen molar-refractivity contribution in [3.05, 3.63) is 78.9 Å². The molecule has 26 heavy (non-hydrogen) atoms. The number of hydrogen-bond acceptors (Lipinski definition) is 3. The number of nitrogens with zero attached hydrogens (tertiary/aromatic N) is 1. The molecule has 0 radical (unpaired) electrons. The molecule has 1 aromatic heterocycles. The van der Waals surface area contributed by atoms with Crippen LogP contribution < -0.4 is 0 Å². The van der Waals surface area contributed by atoms with E-state index in [1.165, 1.54) is 6.26 Å². The van der Waals surface area contributed by atoms with Crippen molar-refractivity contribution in [3.8, 4) is 22.7 Å². The number of fused-ring (bicyclic) bond motifs is 1. The average molecular weight is 363 g/mol. The number of aromatic nitrogens is 1. The van der Waals surface area contributed by atoms with Gasteiger partial charge in [0.2, 0.25) is 0 Å². The molecule has 4 nitrogen and oxygen atoms in total. The summed E-state index contributed by atoms with van der Waals surface area (Å²) in [5.74, 6) is 0.210. The van der Waals surface area contributed by atoms with Gasteiger partial charge < -0.3 is 9.67 Å². The highest BCUT2D eigenvalue weighted by Crippen LogP contribution is 2.33. The van der Waals surface area contributed by atoms with Gasteiger partial charge in [-0.1, -0.05) is 30.3 Å². The summed E-state index contributed by atoms with van der Waals surface area (Å²) >= 11 is 0. The van der Waals surface area contributed by atoms with Gasteiger partial charge in [-0.05, 0) is 54.1 Å². The van der Waals surface area contributed by atoms with Crippen LogP contribution in [0, 0.1) is 0 Å². The van der Waals surface area contributed by atoms with Crippen molar-refractivity contribution in [1.82, 2.24) is 4.57 Å². The summed E-state index contributed by atoms with van der Waals surface area (Å²) < 4.78 is 25.5. The first kappa shape index (κ1) is 16.4. The first-order chi connectivity index (χ1) is 12.4. The van der Waals surface area contributed by atoms with Gasteiger partial charge in [-0.25, -0.2) is 8.42 Å². The van der Waals surface area contributed by atoms with Gasteiger partial charge in [0.1, 0.15) is 5.75 Å². The lowest BCUT2D eigenvalue weighted by atomic mass is 10.1. The molecule has 4 rings (SSSR count). The van der Waals surface area contributed by atoms with E-state index in [4.69, 9.17) is 0 Å². The molecule has 0 saturated heterocycles. The topological polar surface area (TPSA) is 59.3 Å². The Morgan fingerprint density at radius 2 is 1.54 bits per heavy atom. The molecular weight excluding hydrogens is 346 g/mol. The summed E-state index contributed by atoms with van der Waals surface area (Å²) in [6.45, 7) is 0. The predicted molar refractivity (Wildman–Crippen MR) is 103 cm³/mol. The van der Waals surface area contributed by atoms with Crippen LogP contribution in [0.1, 0.15) is 0 Å². The molecule has 3 aromatic carbocycles. The van der Waals surface area contributed by atoms with Gasteiger partial charge in [-0.3, -0.25) is 0 Å². The summed E-state index contributed by atoms with van der Waals surface area (Å²) in [5, 5.41) is 10.7. The number of rotatable bonds is 3. The van der Waals surface area contributed by atoms with Crippen LogP contribution in [0.4, 0.5) is 0 Å². The summed E-state index contributed by atoms with van der Waals surface area (Å²) in [6.07, 6.45) is 1.20. The van der Waals surface area contributed by atoms with Crippen LogP contribution in [0.2, 0.25) is 0 Å². The van der Waals surface area contributed by atoms with Gasteiger partial charge in [0.25, 0.3) is 0 Å². The number of aromatic hydroxyl groups is 1. The van der Waals surface area contributed by atoms with E-state index in [0.717, 1.165) is 27.8 Å². The Bertz CT molecular complexity index is 1190. The van der Waals surface area contributed by atoms with Crippen molar-refractivity contribution >= 4 is 20.7 Å². The molecule has 1 heterocycles. The van der Waals surface area contributed by atoms with Crippen LogP contribution in [0.25, 0.3) is 27.8 Å². The fourth-order valence-corrected chi connectivity index (χ4v) is 3.77. The number of benzene rings is 3. The lowest BCUT2D eigenvalue weighted by Crippen LogP contribution is -1.98. The predicted octanol–water partition coefficient (Wildman–Crippen LogP) is 4.41. The maximum Gasteiger partial charge on any atom is 0.175 e. The summed E-state index contributed by atoms with van der Waals surface area (Å²) in [4.78, 5) is 0.293. The SMILES string of the molecule is CS(=O)(=O)c1ccc(-c2cc3cc(O)ccc3n2-c2ccccc2)cc1. The minimum absolute atomic E-state index is 0.210. The third-order valence-electron chi connectivity index (χ3n) is 4.38. The van der Waals surface area contributed by atoms with Gasteiger partial charge in [0.05, 0.1) is 16.1 Å². The second-order valence-electron chi connectivity index (χ2n) is 6.24. The quantitative estimate of drug-likeness (QED) is 0.587. The normalized spacial score (nSPS) is 11.7. The second kappa shape index (κ2) is 6.04. The first-order valence-electron chi connectivity index (χ1n) is 8.14. The van der Waals surface area contributed by atoms with E-state index < -0.39 is 9.84 Å². The highest BCUT2D eigenvalue weighted by Gasteiger charge is 2.14. The Morgan fingerprint density at radius 1 is 0.846 bits per heavy atom. The Kier molecular flexibility index (Phi) is 3.81. The highest BCUT2D eigenvalue weighted by molar-refractivity contribution is 7.90. The molecule has 0 spiro atoms. The van der Waals surface area contributed by atoms with E-state index in [2.05, 4.69) is 4.57 Å². The summed E-state index contributed by atoms with van der Waals surface area (Å²) in [6, 6.07) is 24.1. The molecule has 0 aliphatic rings. The smallest absolute Gasteiger partial charge is 0.175 e. The average Bonchev–Trinajstić information content (AvgIpc) is 3.00. The fourth-order valence-electron chi connectivity index (χ4n) is 3.14. The molecule has 0 unspecified atom stereocenters. The summed E-state index contributed by atoms with van der Waals surface area (Å²) in [7, 11) is -3.23. The molecule has 0 aliphatic heterocycles. The third-order valence-corrected chi connectivity index (χ3v) is 5.51. The van der Waals surface area contributed by atoms with Crippen molar-refractivity contribution < 1.29 is 13.5 Å². The number of sulfone groups is 1. The van der Waals surface area contributed by atoms with Crippen molar-refractivity contribution in [2.24, 2.45) is 0 Å². The highest BCUT2D eigenvalue weighted by atomic mass is 32.2. The maximum absolute atomic E-state index is 11.7. The van der Waals surface area contributed by atoms with E-state index in [1.54, 1.807) is 24.3 Å². The fraction of sp³-hybridized carbons (Fsp3) is 0.0476. The molecule has 5 heteroatoms. The molecule has 0 saturated carbocycles. The standard InChI is InChI=1S/C21H17NO3S/c1-26(24,25)19-10-7-15(8-11-19)21-14-16-13-18(23)9-12-20(16)22(21)17-5-3-2-4-6-17/h2-14,23H,1H3. The Balaban J connectivity index is 1.97. The van der Waals surface area contributed by atoms with Crippen molar-refractivity contribution in [2.45, 2.75) is 4.90 Å². The lowest BCUT2D eigenvalue weighted by Gasteiger charge is -2.11. The monoisotopic (exact) mass is 363 g/mol. The molecular formula is C21H17NO3S. The van der Waals surface area contributed by atoms with Crippen molar-refractivity contribution in [2.75, 3.05) is 6.26 Å². The Labute approximate surface area is 151 Å². The summed E-state index contributed by atoms with van der Waals surface area (Å²) in [5.41, 5.74) is 3.79. The number of hydrogen-bond donors (Lipinski definition) is 1. The second-order valence-corrected chi connectivity index (χ2v) is 8.26. The molecule has 1 N–H and O–H groups in total. The van der Waals surface area contributed by atoms with Crippen molar-refractivity contribution in [3.63, 3.8) is 0 Å². The van der Waals surface area contributed by atoms with Gasteiger partial charge in [-0.2, -0.15) is 0 Å². The molecule has 0 atom stereocenters. The zero-order valence-electron chi connectivity index (χ0n) is 14.1.